The monoisotopic (exact) mass is 369 g/mol. The van der Waals surface area contributed by atoms with E-state index in [1.807, 2.05) is 30.3 Å². The molecule has 1 atom stereocenters. The molecule has 0 bridgehead atoms. The molecule has 0 aliphatic heterocycles. The summed E-state index contributed by atoms with van der Waals surface area (Å²) in [6.07, 6.45) is 1.72. The van der Waals surface area contributed by atoms with Crippen LogP contribution in [0.5, 0.6) is 0 Å². The van der Waals surface area contributed by atoms with Gasteiger partial charge in [0.25, 0.3) is 0 Å². The van der Waals surface area contributed by atoms with Gasteiger partial charge in [-0.05, 0) is 58.6 Å². The number of halogens is 3. The lowest BCUT2D eigenvalue weighted by Gasteiger charge is -2.21. The highest BCUT2D eigenvalue weighted by molar-refractivity contribution is 9.10. The highest BCUT2D eigenvalue weighted by Crippen LogP contribution is 2.29. The molecule has 0 saturated heterocycles. The van der Waals surface area contributed by atoms with Crippen molar-refractivity contribution in [3.8, 4) is 0 Å². The first-order chi connectivity index (χ1) is 10.1. The van der Waals surface area contributed by atoms with Crippen LogP contribution in [0.4, 0.5) is 4.39 Å². The van der Waals surface area contributed by atoms with Gasteiger partial charge >= 0.3 is 0 Å². The molecule has 0 spiro atoms. The van der Waals surface area contributed by atoms with Gasteiger partial charge in [0.2, 0.25) is 0 Å². The fraction of sp³-hybridized carbons (Fsp3) is 0.294. The van der Waals surface area contributed by atoms with Crippen LogP contribution in [-0.2, 0) is 6.42 Å². The largest absolute Gasteiger partial charge is 0.310 e. The Morgan fingerprint density at radius 1 is 1.19 bits per heavy atom. The van der Waals surface area contributed by atoms with E-state index in [2.05, 4.69) is 28.2 Å². The normalized spacial score (nSPS) is 12.4. The second-order valence-electron chi connectivity index (χ2n) is 4.95. The smallest absolute Gasteiger partial charge is 0.137 e. The Morgan fingerprint density at radius 3 is 2.67 bits per heavy atom. The van der Waals surface area contributed by atoms with Crippen LogP contribution >= 0.6 is 27.5 Å². The van der Waals surface area contributed by atoms with Crippen LogP contribution in [0.2, 0.25) is 5.02 Å². The van der Waals surface area contributed by atoms with E-state index in [0.29, 0.717) is 10.9 Å². The third kappa shape index (κ3) is 4.29. The second kappa shape index (κ2) is 7.92. The molecule has 21 heavy (non-hydrogen) atoms. The molecule has 1 nitrogen and oxygen atoms in total. The maximum absolute atomic E-state index is 13.7. The lowest BCUT2D eigenvalue weighted by Crippen LogP contribution is -2.24. The summed E-state index contributed by atoms with van der Waals surface area (Å²) in [5.74, 6) is -0.235. The minimum atomic E-state index is -0.235. The summed E-state index contributed by atoms with van der Waals surface area (Å²) < 4.78 is 14.2. The van der Waals surface area contributed by atoms with E-state index < -0.39 is 0 Å². The van der Waals surface area contributed by atoms with Crippen molar-refractivity contribution in [1.82, 2.24) is 5.32 Å². The molecule has 0 heterocycles. The fourth-order valence-electron chi connectivity index (χ4n) is 2.29. The summed E-state index contributed by atoms with van der Waals surface area (Å²) in [4.78, 5) is 0. The average molecular weight is 371 g/mol. The van der Waals surface area contributed by atoms with Gasteiger partial charge in [-0.15, -0.1) is 0 Å². The van der Waals surface area contributed by atoms with Gasteiger partial charge in [0.05, 0.1) is 4.47 Å². The molecule has 4 heteroatoms. The van der Waals surface area contributed by atoms with Crippen molar-refractivity contribution in [2.75, 3.05) is 6.54 Å². The highest BCUT2D eigenvalue weighted by Gasteiger charge is 2.16. The molecule has 1 unspecified atom stereocenters. The van der Waals surface area contributed by atoms with E-state index in [1.165, 1.54) is 6.07 Å². The minimum Gasteiger partial charge on any atom is -0.310 e. The average Bonchev–Trinajstić information content (AvgIpc) is 2.48. The zero-order valence-electron chi connectivity index (χ0n) is 11.9. The summed E-state index contributed by atoms with van der Waals surface area (Å²) in [5.41, 5.74) is 1.98. The lowest BCUT2D eigenvalue weighted by molar-refractivity contribution is 0.526. The number of nitrogens with one attached hydrogen (secondary N) is 1. The maximum Gasteiger partial charge on any atom is 0.137 e. The molecule has 0 radical (unpaired) electrons. The van der Waals surface area contributed by atoms with Crippen molar-refractivity contribution in [3.05, 3.63) is 68.9 Å². The van der Waals surface area contributed by atoms with Gasteiger partial charge < -0.3 is 5.32 Å². The lowest BCUT2D eigenvalue weighted by atomic mass is 9.98. The summed E-state index contributed by atoms with van der Waals surface area (Å²) in [5, 5.41) is 4.23. The summed E-state index contributed by atoms with van der Waals surface area (Å²) in [7, 11) is 0. The number of benzene rings is 2. The van der Waals surface area contributed by atoms with Gasteiger partial charge in [-0.3, -0.25) is 0 Å². The van der Waals surface area contributed by atoms with Gasteiger partial charge in [0, 0.05) is 11.1 Å². The molecular formula is C17H18BrClFN. The first kappa shape index (κ1) is 16.5. The van der Waals surface area contributed by atoms with Crippen molar-refractivity contribution in [2.45, 2.75) is 25.8 Å². The van der Waals surface area contributed by atoms with E-state index in [9.17, 15) is 4.39 Å². The molecule has 0 amide bonds. The zero-order chi connectivity index (χ0) is 15.2. The Hall–Kier alpha value is -0.900. The number of hydrogen-bond donors (Lipinski definition) is 1. The van der Waals surface area contributed by atoms with Crippen LogP contribution in [0.3, 0.4) is 0 Å². The summed E-state index contributed by atoms with van der Waals surface area (Å²) in [6, 6.07) is 13.0. The Morgan fingerprint density at radius 2 is 1.95 bits per heavy atom. The number of rotatable bonds is 6. The van der Waals surface area contributed by atoms with Gasteiger partial charge in [-0.25, -0.2) is 4.39 Å². The Labute approximate surface area is 138 Å². The van der Waals surface area contributed by atoms with Crippen LogP contribution in [-0.4, -0.2) is 6.54 Å². The van der Waals surface area contributed by atoms with Crippen LogP contribution in [0.15, 0.2) is 46.9 Å². The quantitative estimate of drug-likeness (QED) is 0.705. The van der Waals surface area contributed by atoms with Crippen LogP contribution in [0.1, 0.15) is 30.5 Å². The molecule has 1 N–H and O–H groups in total. The Bertz CT molecular complexity index is 603. The Balaban J connectivity index is 2.28. The van der Waals surface area contributed by atoms with Gasteiger partial charge in [-0.2, -0.15) is 0 Å². The first-order valence-electron chi connectivity index (χ1n) is 7.04. The van der Waals surface area contributed by atoms with Crippen molar-refractivity contribution in [1.29, 1.82) is 0 Å². The van der Waals surface area contributed by atoms with Crippen molar-refractivity contribution >= 4 is 27.5 Å². The third-order valence-corrected chi connectivity index (χ3v) is 4.61. The standard InChI is InChI=1S/C17H18BrClFN/c1-2-10-21-16(13-7-3-4-8-14(13)19)11-12-6-5-9-15(20)17(12)18/h3-9,16,21H,2,10-11H2,1H3. The molecule has 112 valence electrons. The van der Waals surface area contributed by atoms with Gasteiger partial charge in [0.15, 0.2) is 0 Å². The fourth-order valence-corrected chi connectivity index (χ4v) is 2.99. The molecule has 2 aromatic carbocycles. The zero-order valence-corrected chi connectivity index (χ0v) is 14.2. The van der Waals surface area contributed by atoms with Crippen LogP contribution in [0, 0.1) is 5.82 Å². The van der Waals surface area contributed by atoms with Crippen LogP contribution < -0.4 is 5.32 Å². The summed E-state index contributed by atoms with van der Waals surface area (Å²) in [6.45, 7) is 3.01. The molecule has 2 aromatic rings. The molecule has 2 rings (SSSR count). The highest BCUT2D eigenvalue weighted by atomic mass is 79.9. The molecule has 0 aliphatic carbocycles. The second-order valence-corrected chi connectivity index (χ2v) is 6.15. The van der Waals surface area contributed by atoms with Gasteiger partial charge in [-0.1, -0.05) is 48.9 Å². The topological polar surface area (TPSA) is 12.0 Å². The summed E-state index contributed by atoms with van der Waals surface area (Å²) >= 11 is 9.64. The van der Waals surface area contributed by atoms with E-state index in [-0.39, 0.29) is 11.9 Å². The molecule has 0 saturated carbocycles. The molecular weight excluding hydrogens is 353 g/mol. The minimum absolute atomic E-state index is 0.0664. The maximum atomic E-state index is 13.7. The molecule has 0 aromatic heterocycles. The number of hydrogen-bond acceptors (Lipinski definition) is 1. The molecule has 0 aliphatic rings. The van der Waals surface area contributed by atoms with Crippen molar-refractivity contribution < 1.29 is 4.39 Å². The van der Waals surface area contributed by atoms with E-state index in [1.54, 1.807) is 6.07 Å². The predicted octanol–water partition coefficient (Wildman–Crippen LogP) is 5.53. The predicted molar refractivity (Wildman–Crippen MR) is 90.3 cm³/mol. The third-order valence-electron chi connectivity index (χ3n) is 3.38. The molecule has 0 fully saturated rings. The van der Waals surface area contributed by atoms with Gasteiger partial charge in [0.1, 0.15) is 5.82 Å². The SMILES string of the molecule is CCCNC(Cc1cccc(F)c1Br)c1ccccc1Cl. The van der Waals surface area contributed by atoms with Crippen molar-refractivity contribution in [2.24, 2.45) is 0 Å². The van der Waals surface area contributed by atoms with E-state index >= 15 is 0 Å². The Kier molecular flexibility index (Phi) is 6.22. The van der Waals surface area contributed by atoms with E-state index in [0.717, 1.165) is 29.1 Å². The van der Waals surface area contributed by atoms with Crippen molar-refractivity contribution in [3.63, 3.8) is 0 Å². The van der Waals surface area contributed by atoms with E-state index in [4.69, 9.17) is 11.6 Å². The first-order valence-corrected chi connectivity index (χ1v) is 8.21. The van der Waals surface area contributed by atoms with Crippen LogP contribution in [0.25, 0.3) is 0 Å².